The number of benzene rings is 2. The Morgan fingerprint density at radius 2 is 1.80 bits per heavy atom. The van der Waals surface area contributed by atoms with Gasteiger partial charge in [0.15, 0.2) is 5.13 Å². The average molecular weight is 463 g/mol. The minimum atomic E-state index is -3.58. The van der Waals surface area contributed by atoms with Crippen molar-refractivity contribution in [1.82, 2.24) is 9.29 Å². The molecule has 0 atom stereocenters. The summed E-state index contributed by atoms with van der Waals surface area (Å²) in [6.07, 6.45) is 0.497. The Kier molecular flexibility index (Phi) is 5.79. The Hall–Kier alpha value is -2.46. The third kappa shape index (κ3) is 4.49. The molecule has 4 rings (SSSR count). The number of nitrogens with zero attached hydrogens (tertiary/aromatic N) is 2. The zero-order chi connectivity index (χ0) is 21.3. The minimum absolute atomic E-state index is 0.240. The van der Waals surface area contributed by atoms with Crippen molar-refractivity contribution in [1.29, 1.82) is 0 Å². The van der Waals surface area contributed by atoms with Crippen molar-refractivity contribution in [3.8, 4) is 0 Å². The third-order valence-electron chi connectivity index (χ3n) is 4.68. The van der Waals surface area contributed by atoms with E-state index in [1.54, 1.807) is 48.5 Å². The van der Waals surface area contributed by atoms with Gasteiger partial charge in [-0.2, -0.15) is 4.31 Å². The summed E-state index contributed by atoms with van der Waals surface area (Å²) in [5.41, 5.74) is 2.43. The summed E-state index contributed by atoms with van der Waals surface area (Å²) in [6, 6.07) is 13.2. The summed E-state index contributed by atoms with van der Waals surface area (Å²) in [5.74, 6) is 0. The highest BCUT2D eigenvalue weighted by atomic mass is 35.5. The molecule has 0 saturated heterocycles. The quantitative estimate of drug-likeness (QED) is 0.597. The maximum absolute atomic E-state index is 12.9. The largest absolute Gasteiger partial charge is 0.325 e. The van der Waals surface area contributed by atoms with E-state index in [2.05, 4.69) is 15.6 Å². The lowest BCUT2D eigenvalue weighted by molar-refractivity contribution is 0.262. The van der Waals surface area contributed by atoms with E-state index in [4.69, 9.17) is 11.6 Å². The van der Waals surface area contributed by atoms with E-state index in [1.807, 2.05) is 6.92 Å². The Morgan fingerprint density at radius 3 is 2.50 bits per heavy atom. The predicted molar refractivity (Wildman–Crippen MR) is 119 cm³/mol. The monoisotopic (exact) mass is 462 g/mol. The van der Waals surface area contributed by atoms with Crippen molar-refractivity contribution in [2.45, 2.75) is 24.8 Å². The molecule has 2 aromatic carbocycles. The molecule has 0 radical (unpaired) electrons. The summed E-state index contributed by atoms with van der Waals surface area (Å²) in [4.78, 5) is 17.8. The number of nitrogens with one attached hydrogen (secondary N) is 2. The lowest BCUT2D eigenvalue weighted by Gasteiger charge is -2.25. The highest BCUT2D eigenvalue weighted by Crippen LogP contribution is 2.31. The molecule has 30 heavy (non-hydrogen) atoms. The second-order valence-electron chi connectivity index (χ2n) is 6.88. The molecule has 2 amide bonds. The van der Waals surface area contributed by atoms with Crippen LogP contribution in [0.5, 0.6) is 0 Å². The number of rotatable bonds is 4. The first-order chi connectivity index (χ1) is 14.3. The average Bonchev–Trinajstić information content (AvgIpc) is 3.11. The smallest absolute Gasteiger partial charge is 0.308 e. The van der Waals surface area contributed by atoms with Crippen LogP contribution in [0.2, 0.25) is 5.02 Å². The van der Waals surface area contributed by atoms with E-state index in [0.717, 1.165) is 16.1 Å². The van der Waals surface area contributed by atoms with Gasteiger partial charge < -0.3 is 5.32 Å². The molecule has 0 bridgehead atoms. The number of aromatic nitrogens is 1. The van der Waals surface area contributed by atoms with E-state index in [0.29, 0.717) is 28.8 Å². The lowest BCUT2D eigenvalue weighted by atomic mass is 10.2. The van der Waals surface area contributed by atoms with Crippen LogP contribution in [0.15, 0.2) is 53.4 Å². The molecule has 0 unspecified atom stereocenters. The van der Waals surface area contributed by atoms with Crippen LogP contribution in [-0.4, -0.2) is 30.3 Å². The van der Waals surface area contributed by atoms with Crippen LogP contribution < -0.4 is 10.6 Å². The first kappa shape index (κ1) is 20.8. The predicted octanol–water partition coefficient (Wildman–Crippen LogP) is 4.50. The van der Waals surface area contributed by atoms with Crippen molar-refractivity contribution in [2.75, 3.05) is 17.2 Å². The van der Waals surface area contributed by atoms with Crippen LogP contribution in [-0.2, 0) is 23.0 Å². The van der Waals surface area contributed by atoms with Gasteiger partial charge in [-0.1, -0.05) is 40.6 Å². The van der Waals surface area contributed by atoms with Crippen molar-refractivity contribution >= 4 is 49.8 Å². The molecule has 156 valence electrons. The van der Waals surface area contributed by atoms with Gasteiger partial charge >= 0.3 is 6.03 Å². The summed E-state index contributed by atoms with van der Waals surface area (Å²) >= 11 is 7.13. The third-order valence-corrected chi connectivity index (χ3v) is 7.79. The van der Waals surface area contributed by atoms with Crippen molar-refractivity contribution in [3.05, 3.63) is 69.7 Å². The number of carbonyl (C=O) groups excluding carboxylic acids is 1. The number of fused-ring (bicyclic) bond motifs is 1. The van der Waals surface area contributed by atoms with Crippen molar-refractivity contribution < 1.29 is 13.2 Å². The molecular weight excluding hydrogens is 444 g/mol. The number of carbonyl (C=O) groups is 1. The van der Waals surface area contributed by atoms with Gasteiger partial charge in [-0.3, -0.25) is 5.32 Å². The second-order valence-corrected chi connectivity index (χ2v) is 10.3. The number of thiazole rings is 1. The van der Waals surface area contributed by atoms with Crippen molar-refractivity contribution in [3.63, 3.8) is 0 Å². The zero-order valence-corrected chi connectivity index (χ0v) is 18.4. The van der Waals surface area contributed by atoms with Gasteiger partial charge in [0.05, 0.1) is 17.1 Å². The Labute approximate surface area is 183 Å². The van der Waals surface area contributed by atoms with Gasteiger partial charge in [0, 0.05) is 28.6 Å². The van der Waals surface area contributed by atoms with Crippen LogP contribution in [0.25, 0.3) is 0 Å². The Balaban J connectivity index is 1.44. The number of aryl methyl sites for hydroxylation is 1. The standard InChI is InChI=1S/C20H19ClN4O3S2/c1-13-2-8-16(9-3-13)30(27,28)25-11-10-17-18(12-25)29-20(23-17)24-19(26)22-15-6-4-14(21)5-7-15/h2-9H,10-12H2,1H3,(H2,22,23,24,26). The molecule has 0 spiro atoms. The van der Waals surface area contributed by atoms with Crippen LogP contribution in [0.1, 0.15) is 16.1 Å². The number of anilines is 2. The number of halogens is 1. The van der Waals surface area contributed by atoms with Gasteiger partial charge in [-0.25, -0.2) is 18.2 Å². The Morgan fingerprint density at radius 1 is 1.10 bits per heavy atom. The fourth-order valence-electron chi connectivity index (χ4n) is 3.08. The SMILES string of the molecule is Cc1ccc(S(=O)(=O)N2CCc3nc(NC(=O)Nc4ccc(Cl)cc4)sc3C2)cc1. The second kappa shape index (κ2) is 8.35. The van der Waals surface area contributed by atoms with Gasteiger partial charge in [0.1, 0.15) is 0 Å². The molecule has 1 aliphatic heterocycles. The van der Waals surface area contributed by atoms with E-state index in [1.165, 1.54) is 15.6 Å². The summed E-state index contributed by atoms with van der Waals surface area (Å²) in [6.45, 7) is 2.51. The Bertz CT molecular complexity index is 1180. The lowest BCUT2D eigenvalue weighted by Crippen LogP contribution is -2.35. The first-order valence-electron chi connectivity index (χ1n) is 9.20. The summed E-state index contributed by atoms with van der Waals surface area (Å²) in [5, 5.41) is 6.43. The number of sulfonamides is 1. The van der Waals surface area contributed by atoms with E-state index >= 15 is 0 Å². The molecule has 2 heterocycles. The first-order valence-corrected chi connectivity index (χ1v) is 11.8. The van der Waals surface area contributed by atoms with E-state index < -0.39 is 16.1 Å². The van der Waals surface area contributed by atoms with Crippen LogP contribution in [0.3, 0.4) is 0 Å². The molecule has 7 nitrogen and oxygen atoms in total. The maximum Gasteiger partial charge on any atom is 0.325 e. The normalized spacial score (nSPS) is 14.2. The van der Waals surface area contributed by atoms with Gasteiger partial charge in [0.25, 0.3) is 0 Å². The highest BCUT2D eigenvalue weighted by molar-refractivity contribution is 7.89. The zero-order valence-electron chi connectivity index (χ0n) is 16.1. The van der Waals surface area contributed by atoms with Crippen LogP contribution in [0.4, 0.5) is 15.6 Å². The minimum Gasteiger partial charge on any atom is -0.308 e. The molecule has 0 aliphatic carbocycles. The summed E-state index contributed by atoms with van der Waals surface area (Å²) < 4.78 is 27.3. The molecular formula is C20H19ClN4O3S2. The molecule has 1 aliphatic rings. The van der Waals surface area contributed by atoms with E-state index in [-0.39, 0.29) is 11.4 Å². The molecule has 0 saturated carbocycles. The number of hydrogen-bond acceptors (Lipinski definition) is 5. The van der Waals surface area contributed by atoms with Gasteiger partial charge in [0.2, 0.25) is 10.0 Å². The van der Waals surface area contributed by atoms with Crippen molar-refractivity contribution in [2.24, 2.45) is 0 Å². The maximum atomic E-state index is 12.9. The van der Waals surface area contributed by atoms with Crippen LogP contribution in [0, 0.1) is 6.92 Å². The number of urea groups is 1. The highest BCUT2D eigenvalue weighted by Gasteiger charge is 2.30. The van der Waals surface area contributed by atoms with Crippen LogP contribution >= 0.6 is 22.9 Å². The topological polar surface area (TPSA) is 91.4 Å². The van der Waals surface area contributed by atoms with Gasteiger partial charge in [-0.15, -0.1) is 0 Å². The molecule has 1 aromatic heterocycles. The summed E-state index contributed by atoms with van der Waals surface area (Å²) in [7, 11) is -3.58. The molecule has 0 fully saturated rings. The number of hydrogen-bond donors (Lipinski definition) is 2. The molecule has 10 heteroatoms. The van der Waals surface area contributed by atoms with E-state index in [9.17, 15) is 13.2 Å². The fourth-order valence-corrected chi connectivity index (χ4v) is 5.72. The number of amides is 2. The fraction of sp³-hybridized carbons (Fsp3) is 0.200. The molecule has 3 aromatic rings. The van der Waals surface area contributed by atoms with Gasteiger partial charge in [-0.05, 0) is 43.3 Å². The molecule has 2 N–H and O–H groups in total.